The highest BCUT2D eigenvalue weighted by Crippen LogP contribution is 2.21. The normalized spacial score (nSPS) is 12.2. The fourth-order valence-corrected chi connectivity index (χ4v) is 2.62. The van der Waals surface area contributed by atoms with Crippen molar-refractivity contribution in [2.75, 3.05) is 0 Å². The van der Waals surface area contributed by atoms with Crippen LogP contribution in [0.1, 0.15) is 43.7 Å². The van der Waals surface area contributed by atoms with Crippen LogP contribution in [0.2, 0.25) is 0 Å². The first kappa shape index (κ1) is 14.8. The van der Waals surface area contributed by atoms with Crippen LogP contribution >= 0.6 is 0 Å². The predicted octanol–water partition coefficient (Wildman–Crippen LogP) is 5.68. The molecule has 2 aromatic carbocycles. The molecule has 2 rings (SSSR count). The molecule has 0 aliphatic rings. The van der Waals surface area contributed by atoms with Crippen molar-refractivity contribution in [1.29, 1.82) is 0 Å². The summed E-state index contributed by atoms with van der Waals surface area (Å²) in [4.78, 5) is 0. The maximum Gasteiger partial charge on any atom is -0.00622 e. The number of hydrogen-bond acceptors (Lipinski definition) is 0. The highest BCUT2D eigenvalue weighted by atomic mass is 14.1. The third-order valence-electron chi connectivity index (χ3n) is 3.89. The van der Waals surface area contributed by atoms with Crippen molar-refractivity contribution in [2.45, 2.75) is 39.0 Å². The van der Waals surface area contributed by atoms with E-state index >= 15 is 0 Å². The van der Waals surface area contributed by atoms with E-state index in [2.05, 4.69) is 74.0 Å². The van der Waals surface area contributed by atoms with Crippen molar-refractivity contribution in [2.24, 2.45) is 5.92 Å². The average molecular weight is 265 g/mol. The standard InChI is InChI=1S/C20H25/c1-2-18(17-20-15-7-4-8-16-20)11-9-10-14-19-12-5-3-6-13-19/h3-8,12-13,15-18H,2,9-11,14H2,1H3. The molecule has 0 fully saturated rings. The van der Waals surface area contributed by atoms with Gasteiger partial charge in [0, 0.05) is 0 Å². The topological polar surface area (TPSA) is 0 Å². The van der Waals surface area contributed by atoms with Gasteiger partial charge in [-0.25, -0.2) is 0 Å². The van der Waals surface area contributed by atoms with Crippen molar-refractivity contribution < 1.29 is 0 Å². The molecular weight excluding hydrogens is 240 g/mol. The summed E-state index contributed by atoms with van der Waals surface area (Å²) in [6.45, 7) is 2.29. The molecule has 0 nitrogen and oxygen atoms in total. The maximum atomic E-state index is 2.43. The van der Waals surface area contributed by atoms with Crippen molar-refractivity contribution in [3.05, 3.63) is 78.2 Å². The van der Waals surface area contributed by atoms with Crippen LogP contribution in [-0.2, 0) is 6.42 Å². The number of unbranched alkanes of at least 4 members (excludes halogenated alkanes) is 1. The van der Waals surface area contributed by atoms with E-state index in [0.29, 0.717) is 5.92 Å². The van der Waals surface area contributed by atoms with Crippen LogP contribution in [0.15, 0.2) is 60.7 Å². The van der Waals surface area contributed by atoms with Gasteiger partial charge in [0.05, 0.1) is 0 Å². The lowest BCUT2D eigenvalue weighted by Crippen LogP contribution is -2.01. The molecule has 2 aromatic rings. The minimum absolute atomic E-state index is 0.716. The van der Waals surface area contributed by atoms with E-state index in [1.807, 2.05) is 0 Å². The van der Waals surface area contributed by atoms with Gasteiger partial charge in [-0.2, -0.15) is 0 Å². The van der Waals surface area contributed by atoms with Crippen LogP contribution in [0.5, 0.6) is 0 Å². The molecular formula is C20H25. The Kier molecular flexibility index (Phi) is 6.37. The molecule has 0 heterocycles. The van der Waals surface area contributed by atoms with Crippen LogP contribution in [-0.4, -0.2) is 0 Å². The summed E-state index contributed by atoms with van der Waals surface area (Å²) >= 11 is 0. The first-order valence-electron chi connectivity index (χ1n) is 7.82. The summed E-state index contributed by atoms with van der Waals surface area (Å²) < 4.78 is 0. The molecule has 0 heteroatoms. The monoisotopic (exact) mass is 265 g/mol. The molecule has 0 aromatic heterocycles. The molecule has 1 atom stereocenters. The SMILES string of the molecule is CCC([CH]c1ccccc1)CCCCc1ccccc1. The Morgan fingerprint density at radius 2 is 1.50 bits per heavy atom. The molecule has 105 valence electrons. The average Bonchev–Trinajstić information content (AvgIpc) is 2.52. The van der Waals surface area contributed by atoms with Gasteiger partial charge in [0.1, 0.15) is 0 Å². The first-order valence-corrected chi connectivity index (χ1v) is 7.82. The number of rotatable bonds is 8. The van der Waals surface area contributed by atoms with E-state index in [9.17, 15) is 0 Å². The van der Waals surface area contributed by atoms with Gasteiger partial charge in [0.25, 0.3) is 0 Å². The number of hydrogen-bond donors (Lipinski definition) is 0. The summed E-state index contributed by atoms with van der Waals surface area (Å²) in [5, 5.41) is 0. The summed E-state index contributed by atoms with van der Waals surface area (Å²) in [6, 6.07) is 21.5. The molecule has 1 unspecified atom stereocenters. The minimum Gasteiger partial charge on any atom is -0.0651 e. The van der Waals surface area contributed by atoms with Gasteiger partial charge in [-0.3, -0.25) is 0 Å². The Balaban J connectivity index is 1.69. The lowest BCUT2D eigenvalue weighted by atomic mass is 9.91. The molecule has 0 saturated carbocycles. The molecule has 1 radical (unpaired) electrons. The highest BCUT2D eigenvalue weighted by molar-refractivity contribution is 5.23. The van der Waals surface area contributed by atoms with E-state index in [1.165, 1.54) is 43.2 Å². The first-order chi connectivity index (χ1) is 9.88. The lowest BCUT2D eigenvalue weighted by Gasteiger charge is -2.14. The van der Waals surface area contributed by atoms with Crippen molar-refractivity contribution in [1.82, 2.24) is 0 Å². The van der Waals surface area contributed by atoms with Crippen molar-refractivity contribution in [3.63, 3.8) is 0 Å². The Bertz CT molecular complexity index is 458. The Morgan fingerprint density at radius 1 is 0.850 bits per heavy atom. The number of aryl methyl sites for hydroxylation is 1. The van der Waals surface area contributed by atoms with Crippen LogP contribution in [0, 0.1) is 12.3 Å². The molecule has 0 aliphatic heterocycles. The second-order valence-electron chi connectivity index (χ2n) is 5.48. The third kappa shape index (κ3) is 5.21. The fraction of sp³-hybridized carbons (Fsp3) is 0.350. The second kappa shape index (κ2) is 8.58. The largest absolute Gasteiger partial charge is 0.0651 e. The van der Waals surface area contributed by atoms with E-state index in [1.54, 1.807) is 0 Å². The van der Waals surface area contributed by atoms with Gasteiger partial charge in [-0.05, 0) is 42.7 Å². The van der Waals surface area contributed by atoms with Crippen LogP contribution < -0.4 is 0 Å². The summed E-state index contributed by atoms with van der Waals surface area (Å²) in [5.74, 6) is 0.716. The molecule has 0 bridgehead atoms. The van der Waals surface area contributed by atoms with E-state index in [-0.39, 0.29) is 0 Å². The van der Waals surface area contributed by atoms with Crippen LogP contribution in [0.4, 0.5) is 0 Å². The van der Waals surface area contributed by atoms with Gasteiger partial charge < -0.3 is 0 Å². The van der Waals surface area contributed by atoms with Crippen molar-refractivity contribution >= 4 is 0 Å². The molecule has 0 spiro atoms. The van der Waals surface area contributed by atoms with Gasteiger partial charge in [0.15, 0.2) is 0 Å². The predicted molar refractivity (Wildman–Crippen MR) is 87.6 cm³/mol. The second-order valence-corrected chi connectivity index (χ2v) is 5.48. The maximum absolute atomic E-state index is 2.43. The zero-order chi connectivity index (χ0) is 14.0. The van der Waals surface area contributed by atoms with Crippen LogP contribution in [0.3, 0.4) is 0 Å². The lowest BCUT2D eigenvalue weighted by molar-refractivity contribution is 0.507. The molecule has 0 aliphatic carbocycles. The van der Waals surface area contributed by atoms with Gasteiger partial charge in [-0.15, -0.1) is 0 Å². The molecule has 20 heavy (non-hydrogen) atoms. The molecule has 0 amide bonds. The highest BCUT2D eigenvalue weighted by Gasteiger charge is 2.07. The smallest absolute Gasteiger partial charge is 0.00622 e. The summed E-state index contributed by atoms with van der Waals surface area (Å²) in [5.41, 5.74) is 2.83. The summed E-state index contributed by atoms with van der Waals surface area (Å²) in [6.07, 6.45) is 8.80. The van der Waals surface area contributed by atoms with E-state index in [4.69, 9.17) is 0 Å². The molecule has 0 N–H and O–H groups in total. The molecule has 0 saturated heterocycles. The third-order valence-corrected chi connectivity index (χ3v) is 3.89. The Labute approximate surface area is 123 Å². The minimum atomic E-state index is 0.716. The van der Waals surface area contributed by atoms with Crippen molar-refractivity contribution in [3.8, 4) is 0 Å². The summed E-state index contributed by atoms with van der Waals surface area (Å²) in [7, 11) is 0. The van der Waals surface area contributed by atoms with Gasteiger partial charge in [-0.1, -0.05) is 80.4 Å². The fourth-order valence-electron chi connectivity index (χ4n) is 2.62. The number of benzene rings is 2. The Hall–Kier alpha value is -1.56. The quantitative estimate of drug-likeness (QED) is 0.539. The van der Waals surface area contributed by atoms with Gasteiger partial charge in [0.2, 0.25) is 0 Å². The zero-order valence-corrected chi connectivity index (χ0v) is 12.5. The van der Waals surface area contributed by atoms with Gasteiger partial charge >= 0.3 is 0 Å². The van der Waals surface area contributed by atoms with E-state index in [0.717, 1.165) is 0 Å². The zero-order valence-electron chi connectivity index (χ0n) is 12.5. The van der Waals surface area contributed by atoms with E-state index < -0.39 is 0 Å². The van der Waals surface area contributed by atoms with Crippen LogP contribution in [0.25, 0.3) is 0 Å². The Morgan fingerprint density at radius 3 is 2.15 bits per heavy atom.